The van der Waals surface area contributed by atoms with Crippen molar-refractivity contribution in [2.45, 2.75) is 309 Å². The average molecular weight is 992 g/mol. The summed E-state index contributed by atoms with van der Waals surface area (Å²) in [7, 11) is 0. The van der Waals surface area contributed by atoms with Crippen molar-refractivity contribution in [3.8, 4) is 0 Å². The van der Waals surface area contributed by atoms with Gasteiger partial charge in [-0.2, -0.15) is 0 Å². The van der Waals surface area contributed by atoms with Crippen LogP contribution in [0.3, 0.4) is 0 Å². The van der Waals surface area contributed by atoms with E-state index < -0.39 is 6.10 Å². The second kappa shape index (κ2) is 59.4. The molecule has 410 valence electrons. The van der Waals surface area contributed by atoms with Gasteiger partial charge in [-0.15, -0.1) is 0 Å². The zero-order valence-corrected chi connectivity index (χ0v) is 47.0. The van der Waals surface area contributed by atoms with Crippen LogP contribution in [-0.2, 0) is 28.6 Å². The minimum atomic E-state index is -0.773. The summed E-state index contributed by atoms with van der Waals surface area (Å²) >= 11 is 0. The number of hydrogen-bond acceptors (Lipinski definition) is 6. The molecule has 0 aromatic carbocycles. The lowest BCUT2D eigenvalue weighted by atomic mass is 10.0. The van der Waals surface area contributed by atoms with E-state index >= 15 is 0 Å². The predicted molar refractivity (Wildman–Crippen MR) is 307 cm³/mol. The molecule has 0 aromatic rings. The molecular weight excluding hydrogens is 877 g/mol. The number of unbranched alkanes of at least 4 members (excludes halogenated alkanes) is 32. The number of allylic oxidation sites excluding steroid dienone is 12. The van der Waals surface area contributed by atoms with Crippen molar-refractivity contribution in [1.29, 1.82) is 0 Å². The molecule has 1 atom stereocenters. The average Bonchev–Trinajstić information content (AvgIpc) is 3.37. The van der Waals surface area contributed by atoms with Gasteiger partial charge in [0.15, 0.2) is 6.10 Å². The highest BCUT2D eigenvalue weighted by Gasteiger charge is 2.19. The summed E-state index contributed by atoms with van der Waals surface area (Å²) in [4.78, 5) is 38.0. The minimum absolute atomic E-state index is 0.0740. The lowest BCUT2D eigenvalue weighted by Gasteiger charge is -2.18. The molecule has 0 spiro atoms. The number of carbonyl (C=O) groups excluding carboxylic acids is 3. The number of esters is 3. The summed E-state index contributed by atoms with van der Waals surface area (Å²) in [5.41, 5.74) is 0. The summed E-state index contributed by atoms with van der Waals surface area (Å²) in [6.07, 6.45) is 76.5. The molecule has 0 aliphatic heterocycles. The normalized spacial score (nSPS) is 12.5. The Morgan fingerprint density at radius 2 is 0.563 bits per heavy atom. The first-order valence-corrected chi connectivity index (χ1v) is 30.4. The van der Waals surface area contributed by atoms with E-state index in [1.165, 1.54) is 161 Å². The van der Waals surface area contributed by atoms with Crippen molar-refractivity contribution in [1.82, 2.24) is 0 Å². The maximum absolute atomic E-state index is 12.8. The molecule has 0 aliphatic carbocycles. The Kier molecular flexibility index (Phi) is 56.8. The molecule has 6 heteroatoms. The van der Waals surface area contributed by atoms with Crippen LogP contribution in [0, 0.1) is 0 Å². The molecule has 0 radical (unpaired) electrons. The zero-order chi connectivity index (χ0) is 51.4. The third kappa shape index (κ3) is 57.6. The quantitative estimate of drug-likeness (QED) is 0.0261. The number of ether oxygens (including phenoxy) is 3. The van der Waals surface area contributed by atoms with Crippen LogP contribution in [0.5, 0.6) is 0 Å². The number of carbonyl (C=O) groups is 3. The van der Waals surface area contributed by atoms with E-state index in [1.807, 2.05) is 0 Å². The highest BCUT2D eigenvalue weighted by molar-refractivity contribution is 5.71. The molecule has 0 saturated heterocycles. The van der Waals surface area contributed by atoms with Crippen LogP contribution in [0.2, 0.25) is 0 Å². The maximum Gasteiger partial charge on any atom is 0.306 e. The zero-order valence-electron chi connectivity index (χ0n) is 47.0. The lowest BCUT2D eigenvalue weighted by Crippen LogP contribution is -2.30. The van der Waals surface area contributed by atoms with Crippen LogP contribution in [-0.4, -0.2) is 37.2 Å². The molecule has 0 bridgehead atoms. The largest absolute Gasteiger partial charge is 0.462 e. The van der Waals surface area contributed by atoms with Gasteiger partial charge in [-0.05, 0) is 83.5 Å². The number of rotatable bonds is 55. The van der Waals surface area contributed by atoms with Gasteiger partial charge in [0, 0.05) is 19.3 Å². The number of hydrogen-bond donors (Lipinski definition) is 0. The molecule has 0 saturated carbocycles. The van der Waals surface area contributed by atoms with Gasteiger partial charge in [-0.25, -0.2) is 0 Å². The molecule has 71 heavy (non-hydrogen) atoms. The molecule has 0 rings (SSSR count). The second-order valence-electron chi connectivity index (χ2n) is 20.2. The van der Waals surface area contributed by atoms with Crippen LogP contribution in [0.25, 0.3) is 0 Å². The maximum atomic E-state index is 12.8. The van der Waals surface area contributed by atoms with Gasteiger partial charge in [-0.3, -0.25) is 14.4 Å². The second-order valence-corrected chi connectivity index (χ2v) is 20.2. The molecule has 0 heterocycles. The third-order valence-corrected chi connectivity index (χ3v) is 13.2. The Bertz CT molecular complexity index is 1320. The molecule has 0 aromatic heterocycles. The van der Waals surface area contributed by atoms with Crippen molar-refractivity contribution in [3.63, 3.8) is 0 Å². The van der Waals surface area contributed by atoms with Gasteiger partial charge in [0.25, 0.3) is 0 Å². The van der Waals surface area contributed by atoms with Crippen molar-refractivity contribution >= 4 is 17.9 Å². The van der Waals surface area contributed by atoms with E-state index in [4.69, 9.17) is 14.2 Å². The van der Waals surface area contributed by atoms with Crippen LogP contribution >= 0.6 is 0 Å². The van der Waals surface area contributed by atoms with Gasteiger partial charge in [0.2, 0.25) is 0 Å². The molecular formula is C65H114O6. The van der Waals surface area contributed by atoms with Crippen molar-refractivity contribution in [2.24, 2.45) is 0 Å². The molecule has 1 unspecified atom stereocenters. The highest BCUT2D eigenvalue weighted by atomic mass is 16.6. The minimum Gasteiger partial charge on any atom is -0.462 e. The monoisotopic (exact) mass is 991 g/mol. The summed E-state index contributed by atoms with van der Waals surface area (Å²) in [5.74, 6) is -0.877. The van der Waals surface area contributed by atoms with Gasteiger partial charge < -0.3 is 14.2 Å². The summed E-state index contributed by atoms with van der Waals surface area (Å²) < 4.78 is 16.8. The van der Waals surface area contributed by atoms with E-state index in [-0.39, 0.29) is 31.1 Å². The predicted octanol–water partition coefficient (Wildman–Crippen LogP) is 20.5. The molecule has 0 aliphatic rings. The Hall–Kier alpha value is -3.15. The summed E-state index contributed by atoms with van der Waals surface area (Å²) in [6, 6.07) is 0. The van der Waals surface area contributed by atoms with Crippen molar-refractivity contribution in [3.05, 3.63) is 72.9 Å². The Morgan fingerprint density at radius 3 is 0.915 bits per heavy atom. The molecule has 0 fully saturated rings. The van der Waals surface area contributed by atoms with E-state index in [9.17, 15) is 14.4 Å². The molecule has 0 amide bonds. The van der Waals surface area contributed by atoms with E-state index in [2.05, 4.69) is 93.7 Å². The van der Waals surface area contributed by atoms with Crippen LogP contribution in [0.1, 0.15) is 303 Å². The lowest BCUT2D eigenvalue weighted by molar-refractivity contribution is -0.167. The van der Waals surface area contributed by atoms with E-state index in [0.29, 0.717) is 19.3 Å². The van der Waals surface area contributed by atoms with E-state index in [1.54, 1.807) is 0 Å². The molecule has 6 nitrogen and oxygen atoms in total. The summed E-state index contributed by atoms with van der Waals surface area (Å²) in [6.45, 7) is 6.48. The summed E-state index contributed by atoms with van der Waals surface area (Å²) in [5, 5.41) is 0. The van der Waals surface area contributed by atoms with Gasteiger partial charge >= 0.3 is 17.9 Å². The van der Waals surface area contributed by atoms with Gasteiger partial charge in [0.1, 0.15) is 13.2 Å². The fraction of sp³-hybridized carbons (Fsp3) is 0.769. The Labute approximate surface area is 440 Å². The SMILES string of the molecule is CC/C=C\C/C=C\C/C=C\C/C=C\C/C=C\CCCCCCCCCCCCCCCCCCCC(=O)OCC(COC(=O)CCCCCCCCCCC)OC(=O)CCCCCCC/C=C\CCCC. The standard InChI is InChI=1S/C65H114O6/c1-4-7-10-13-16-19-21-22-23-24-25-26-27-28-29-30-31-32-33-34-35-36-37-38-39-40-41-42-44-46-49-52-55-58-64(67)70-61-62(60-69-63(66)57-54-51-48-45-18-15-12-9-6-3)71-65(68)59-56-53-50-47-43-20-17-14-11-8-5-2/h7,10,14,16-17,19,22-23,25-26,28-29,62H,4-6,8-9,11-13,15,18,20-21,24,27,30-61H2,1-3H3/b10-7-,17-14-,19-16-,23-22-,26-25-,29-28-. The van der Waals surface area contributed by atoms with Crippen LogP contribution < -0.4 is 0 Å². The smallest absolute Gasteiger partial charge is 0.306 e. The first kappa shape index (κ1) is 67.8. The van der Waals surface area contributed by atoms with Gasteiger partial charge in [0.05, 0.1) is 0 Å². The fourth-order valence-electron chi connectivity index (χ4n) is 8.63. The van der Waals surface area contributed by atoms with Gasteiger partial charge in [-0.1, -0.05) is 273 Å². The highest BCUT2D eigenvalue weighted by Crippen LogP contribution is 2.17. The molecule has 0 N–H and O–H groups in total. The first-order valence-electron chi connectivity index (χ1n) is 30.4. The Morgan fingerprint density at radius 1 is 0.296 bits per heavy atom. The topological polar surface area (TPSA) is 78.9 Å². The Balaban J connectivity index is 4.00. The van der Waals surface area contributed by atoms with E-state index in [0.717, 1.165) is 103 Å². The van der Waals surface area contributed by atoms with Crippen LogP contribution in [0.4, 0.5) is 0 Å². The fourth-order valence-corrected chi connectivity index (χ4v) is 8.63. The van der Waals surface area contributed by atoms with Crippen molar-refractivity contribution < 1.29 is 28.6 Å². The first-order chi connectivity index (χ1) is 35.0. The van der Waals surface area contributed by atoms with Crippen LogP contribution in [0.15, 0.2) is 72.9 Å². The third-order valence-electron chi connectivity index (χ3n) is 13.2. The van der Waals surface area contributed by atoms with Crippen molar-refractivity contribution in [2.75, 3.05) is 13.2 Å².